The van der Waals surface area contributed by atoms with Crippen LogP contribution in [0.4, 0.5) is 0 Å². The first-order valence-corrected chi connectivity index (χ1v) is 18.3. The van der Waals surface area contributed by atoms with Crippen molar-refractivity contribution in [2.75, 3.05) is 51.8 Å². The molecule has 0 N–H and O–H groups in total. The van der Waals surface area contributed by atoms with E-state index in [1.54, 1.807) is 10.6 Å². The van der Waals surface area contributed by atoms with Gasteiger partial charge in [0.1, 0.15) is 0 Å². The second-order valence-corrected chi connectivity index (χ2v) is 24.6. The second kappa shape index (κ2) is 7.77. The average Bonchev–Trinajstić information content (AvgIpc) is 2.24. The first-order chi connectivity index (χ1) is 8.99. The summed E-state index contributed by atoms with van der Waals surface area (Å²) in [6.45, 7) is 13.9. The maximum absolute atomic E-state index is 5.68. The Morgan fingerprint density at radius 1 is 0.800 bits per heavy atom. The van der Waals surface area contributed by atoms with Gasteiger partial charge in [-0.2, -0.15) is 0 Å². The van der Waals surface area contributed by atoms with Crippen LogP contribution in [0.3, 0.4) is 0 Å². The van der Waals surface area contributed by atoms with Gasteiger partial charge in [-0.15, -0.1) is 0 Å². The molecule has 0 saturated carbocycles. The third-order valence-corrected chi connectivity index (χ3v) is 16.3. The minimum absolute atomic E-state index is 0.119. The van der Waals surface area contributed by atoms with Crippen LogP contribution in [0.15, 0.2) is 24.3 Å². The predicted molar refractivity (Wildman–Crippen MR) is 113 cm³/mol. The fourth-order valence-corrected chi connectivity index (χ4v) is 17.4. The van der Waals surface area contributed by atoms with Crippen LogP contribution < -0.4 is 10.6 Å². The molecule has 0 fully saturated rings. The Morgan fingerprint density at radius 2 is 1.10 bits per heavy atom. The Labute approximate surface area is 138 Å². The molecule has 0 amide bonds. The normalized spacial score (nSPS) is 15.9. The largest absolute Gasteiger partial charge is 0.0977 e. The number of hydrogen-bond acceptors (Lipinski definition) is 2. The summed E-state index contributed by atoms with van der Waals surface area (Å²) in [5.41, 5.74) is 0. The van der Waals surface area contributed by atoms with Gasteiger partial charge in [-0.25, -0.2) is 0 Å². The lowest BCUT2D eigenvalue weighted by Gasteiger charge is -2.25. The quantitative estimate of drug-likeness (QED) is 0.662. The Balaban J connectivity index is 3.04. The third kappa shape index (κ3) is 7.09. The highest BCUT2D eigenvalue weighted by molar-refractivity contribution is 8.17. The van der Waals surface area contributed by atoms with Crippen LogP contribution in [-0.4, -0.2) is 51.8 Å². The molecular weight excluding hydrogens is 356 g/mol. The van der Waals surface area contributed by atoms with E-state index >= 15 is 0 Å². The summed E-state index contributed by atoms with van der Waals surface area (Å²) in [6, 6.07) is 6.79. The maximum Gasteiger partial charge on any atom is 0.000356 e. The minimum Gasteiger partial charge on any atom is -0.0977 e. The van der Waals surface area contributed by atoms with Gasteiger partial charge in [0.25, 0.3) is 0 Å². The van der Waals surface area contributed by atoms with Gasteiger partial charge < -0.3 is 0 Å². The van der Waals surface area contributed by atoms with Crippen LogP contribution in [0.1, 0.15) is 0 Å². The van der Waals surface area contributed by atoms with Crippen molar-refractivity contribution in [3.63, 3.8) is 0 Å². The molecule has 0 aliphatic carbocycles. The molecule has 1 aromatic carbocycles. The molecule has 2 unspecified atom stereocenters. The molecule has 0 bridgehead atoms. The number of benzene rings is 1. The van der Waals surface area contributed by atoms with Crippen molar-refractivity contribution in [2.45, 2.75) is 0 Å². The summed E-state index contributed by atoms with van der Waals surface area (Å²) >= 11 is 11.4. The molecule has 0 spiro atoms. The van der Waals surface area contributed by atoms with Gasteiger partial charge in [0.15, 0.2) is 0 Å². The summed E-state index contributed by atoms with van der Waals surface area (Å²) < 4.78 is 0. The summed E-state index contributed by atoms with van der Waals surface area (Å²) in [6.07, 6.45) is 0. The van der Waals surface area contributed by atoms with Crippen molar-refractivity contribution in [2.24, 2.45) is 0 Å². The molecule has 1 rings (SSSR count). The number of rotatable bonds is 6. The van der Waals surface area contributed by atoms with Crippen molar-refractivity contribution < 1.29 is 0 Å². The van der Waals surface area contributed by atoms with E-state index in [9.17, 15) is 0 Å². The van der Waals surface area contributed by atoms with E-state index in [1.807, 2.05) is 0 Å². The van der Waals surface area contributed by atoms with Gasteiger partial charge in [-0.1, -0.05) is 63.7 Å². The van der Waals surface area contributed by atoms with Crippen LogP contribution >= 0.6 is 27.9 Å². The lowest BCUT2D eigenvalue weighted by atomic mass is 10.4. The standard InChI is InChI=1S/C14H26P4S2/c1-15(11-17(3,4)19)13-9-7-8-10-14(13)16(2)12-18(5,6)20/h7-10H,11-12H2,1-6H3. The highest BCUT2D eigenvalue weighted by Gasteiger charge is 2.19. The van der Waals surface area contributed by atoms with E-state index in [-0.39, 0.29) is 15.8 Å². The van der Waals surface area contributed by atoms with Crippen LogP contribution in [-0.2, 0) is 23.6 Å². The van der Waals surface area contributed by atoms with Gasteiger partial charge in [-0.05, 0) is 62.7 Å². The van der Waals surface area contributed by atoms with E-state index in [1.165, 1.54) is 11.8 Å². The van der Waals surface area contributed by atoms with E-state index < -0.39 is 12.1 Å². The molecule has 0 aliphatic rings. The molecule has 0 radical (unpaired) electrons. The van der Waals surface area contributed by atoms with Crippen LogP contribution in [0.5, 0.6) is 0 Å². The number of hydrogen-bond donors (Lipinski definition) is 0. The first kappa shape index (κ1) is 19.4. The molecule has 6 heteroatoms. The zero-order valence-electron chi connectivity index (χ0n) is 13.3. The molecule has 2 atom stereocenters. The van der Waals surface area contributed by atoms with Gasteiger partial charge >= 0.3 is 0 Å². The zero-order chi connectivity index (χ0) is 15.6. The van der Waals surface area contributed by atoms with Crippen molar-refractivity contribution in [1.82, 2.24) is 0 Å². The SMILES string of the molecule is CP(CP(C)(C)=S)c1ccccc1P(C)CP(C)(C)=S. The summed E-state index contributed by atoms with van der Waals surface area (Å²) in [7, 11) is -0.238. The Hall–Kier alpha value is 1.38. The lowest BCUT2D eigenvalue weighted by Crippen LogP contribution is -2.22. The zero-order valence-corrected chi connectivity index (χ0v) is 18.5. The average molecular weight is 382 g/mol. The maximum atomic E-state index is 5.68. The molecule has 0 aromatic heterocycles. The van der Waals surface area contributed by atoms with Gasteiger partial charge in [-0.3, -0.25) is 0 Å². The molecule has 0 aliphatic heterocycles. The summed E-state index contributed by atoms with van der Waals surface area (Å²) in [5.74, 6) is 2.45. The second-order valence-electron chi connectivity index (χ2n) is 6.32. The molecular formula is C14H26P4S2. The Morgan fingerprint density at radius 3 is 1.35 bits per heavy atom. The highest BCUT2D eigenvalue weighted by atomic mass is 32.4. The molecule has 114 valence electrons. The van der Waals surface area contributed by atoms with Crippen LogP contribution in [0, 0.1) is 0 Å². The van der Waals surface area contributed by atoms with E-state index in [2.05, 4.69) is 64.3 Å². The highest BCUT2D eigenvalue weighted by Crippen LogP contribution is 2.52. The fraction of sp³-hybridized carbons (Fsp3) is 0.571. The molecule has 0 saturated heterocycles. The van der Waals surface area contributed by atoms with Crippen LogP contribution in [0.25, 0.3) is 0 Å². The minimum atomic E-state index is -1.12. The van der Waals surface area contributed by atoms with Gasteiger partial charge in [0.05, 0.1) is 0 Å². The molecule has 1 aromatic rings. The van der Waals surface area contributed by atoms with Gasteiger partial charge in [0, 0.05) is 11.8 Å². The van der Waals surface area contributed by atoms with Crippen molar-refractivity contribution in [1.29, 1.82) is 0 Å². The summed E-state index contributed by atoms with van der Waals surface area (Å²) in [5, 5.41) is 3.16. The fourth-order valence-electron chi connectivity index (χ4n) is 2.28. The van der Waals surface area contributed by atoms with Crippen molar-refractivity contribution in [3.05, 3.63) is 24.3 Å². The lowest BCUT2D eigenvalue weighted by molar-refractivity contribution is 1.80. The van der Waals surface area contributed by atoms with Crippen LogP contribution in [0.2, 0.25) is 0 Å². The summed E-state index contributed by atoms with van der Waals surface area (Å²) in [4.78, 5) is 0. The van der Waals surface area contributed by atoms with E-state index in [0.29, 0.717) is 0 Å². The van der Waals surface area contributed by atoms with E-state index in [4.69, 9.17) is 23.6 Å². The van der Waals surface area contributed by atoms with E-state index in [0.717, 1.165) is 0 Å². The predicted octanol–water partition coefficient (Wildman–Crippen LogP) is 4.55. The molecule has 0 nitrogen and oxygen atoms in total. The monoisotopic (exact) mass is 382 g/mol. The topological polar surface area (TPSA) is 0 Å². The van der Waals surface area contributed by atoms with Crippen molar-refractivity contribution in [3.8, 4) is 0 Å². The van der Waals surface area contributed by atoms with Crippen molar-refractivity contribution >= 4 is 62.1 Å². The van der Waals surface area contributed by atoms with Gasteiger partial charge in [0.2, 0.25) is 0 Å². The Bertz CT molecular complexity index is 495. The Kier molecular flexibility index (Phi) is 7.55. The first-order valence-electron chi connectivity index (χ1n) is 6.59. The smallest absolute Gasteiger partial charge is 0.000356 e. The third-order valence-electron chi connectivity index (χ3n) is 2.81. The molecule has 0 heterocycles. The molecule has 20 heavy (non-hydrogen) atoms.